The molecule has 1 N–H and O–H groups in total. The van der Waals surface area contributed by atoms with Crippen LogP contribution in [0.15, 0.2) is 0 Å². The fourth-order valence-electron chi connectivity index (χ4n) is 0. The van der Waals surface area contributed by atoms with Crippen molar-refractivity contribution in [2.24, 2.45) is 0 Å². The predicted octanol–water partition coefficient (Wildman–Crippen LogP) is -0.704. The molecule has 0 aliphatic heterocycles. The molecule has 0 heterocycles. The van der Waals surface area contributed by atoms with Crippen LogP contribution in [0.25, 0.3) is 0 Å². The van der Waals surface area contributed by atoms with Crippen LogP contribution < -0.4 is 5.54 Å². The highest BCUT2D eigenvalue weighted by Crippen LogP contribution is 1.44. The summed E-state index contributed by atoms with van der Waals surface area (Å²) in [5, 5.41) is 0. The third-order valence-electron chi connectivity index (χ3n) is 0.134. The van der Waals surface area contributed by atoms with Crippen molar-refractivity contribution in [2.45, 2.75) is 6.92 Å². The van der Waals surface area contributed by atoms with E-state index in [1.807, 2.05) is 0 Å². The molecule has 0 aromatic heterocycles. The van der Waals surface area contributed by atoms with Crippen molar-refractivity contribution in [1.82, 2.24) is 5.54 Å². The van der Waals surface area contributed by atoms with Crippen LogP contribution >= 0.6 is 0 Å². The average Bonchev–Trinajstić information content (AvgIpc) is 1.37. The first-order valence-electron chi connectivity index (χ1n) is 1.25. The van der Waals surface area contributed by atoms with Crippen molar-refractivity contribution in [3.05, 3.63) is 0 Å². The molecule has 0 atom stereocenters. The Labute approximate surface area is 33.1 Å². The second kappa shape index (κ2) is 9.04. The van der Waals surface area contributed by atoms with E-state index in [4.69, 9.17) is 0 Å². The molecule has 1 nitrogen and oxygen atoms in total. The molecular weight excluding hydrogens is 67.8 g/mol. The largest absolute Gasteiger partial charge is 0.160 e. The lowest BCUT2D eigenvalue weighted by molar-refractivity contribution is 0.346. The summed E-state index contributed by atoms with van der Waals surface area (Å²) in [5.41, 5.74) is 1.43. The van der Waals surface area contributed by atoms with Crippen LogP contribution in [0.1, 0.15) is 6.92 Å². The summed E-state index contributed by atoms with van der Waals surface area (Å²) in [4.78, 5) is 0. The van der Waals surface area contributed by atoms with E-state index in [0.717, 1.165) is 0 Å². The van der Waals surface area contributed by atoms with E-state index >= 15 is 0 Å². The Balaban J connectivity index is 0. The van der Waals surface area contributed by atoms with Crippen LogP contribution in [-0.4, -0.2) is 15.0 Å². The summed E-state index contributed by atoms with van der Waals surface area (Å²) < 4.78 is 10.5. The zero-order valence-corrected chi connectivity index (χ0v) is 2.59. The van der Waals surface area contributed by atoms with Gasteiger partial charge < -0.3 is 0 Å². The van der Waals surface area contributed by atoms with Gasteiger partial charge in [-0.25, -0.2) is 0 Å². The Morgan fingerprint density at radius 1 is 1.80 bits per heavy atom. The summed E-state index contributed by atoms with van der Waals surface area (Å²) in [6.45, 7) is 2.10. The lowest BCUT2D eigenvalue weighted by Crippen LogP contribution is -1.93. The molecule has 0 amide bonds. The van der Waals surface area contributed by atoms with Crippen LogP contribution in [0.3, 0.4) is 0 Å². The molecule has 3 heteroatoms. The fourth-order valence-corrected chi connectivity index (χ4v) is 0. The van der Waals surface area contributed by atoms with E-state index in [1.54, 1.807) is 6.92 Å². The number of hydrogen-bond acceptors (Lipinski definition) is 1. The summed E-state index contributed by atoms with van der Waals surface area (Å²) in [6.07, 6.45) is 0. The smallest absolute Gasteiger partial charge is 0.0814 e. The molecule has 0 spiro atoms. The third kappa shape index (κ3) is 16.6. The van der Waals surface area contributed by atoms with Gasteiger partial charge in [0.15, 0.2) is 0 Å². The van der Waals surface area contributed by atoms with Gasteiger partial charge in [-0.05, 0) is 0 Å². The van der Waals surface area contributed by atoms with Crippen molar-refractivity contribution >= 4 is 8.41 Å². The topological polar surface area (TPSA) is 12.0 Å². The van der Waals surface area contributed by atoms with E-state index < -0.39 is 0 Å². The molecule has 0 aromatic carbocycles. The molecule has 0 aromatic rings. The molecule has 0 aliphatic carbocycles. The highest BCUT2D eigenvalue weighted by Gasteiger charge is 1.55. The van der Waals surface area contributed by atoms with Gasteiger partial charge in [-0.1, -0.05) is 6.92 Å². The Bertz CT molecular complexity index is 11.6. The first-order valence-corrected chi connectivity index (χ1v) is 1.25. The van der Waals surface area contributed by atoms with E-state index in [2.05, 4.69) is 0 Å². The minimum atomic E-state index is 0. The van der Waals surface area contributed by atoms with E-state index in [1.165, 1.54) is 5.54 Å². The van der Waals surface area contributed by atoms with Gasteiger partial charge in [0.25, 0.3) is 0 Å². The van der Waals surface area contributed by atoms with Gasteiger partial charge in [0, 0.05) is 6.54 Å². The Morgan fingerprint density at radius 2 is 2.00 bits per heavy atom. The maximum Gasteiger partial charge on any atom is 0.0814 e. The SMILES string of the molecule is B.CCNF. The molecule has 0 aliphatic rings. The number of halogens is 1. The maximum atomic E-state index is 10.5. The second-order valence-corrected chi connectivity index (χ2v) is 0.487. The number of hydrogen-bond donors (Lipinski definition) is 1. The van der Waals surface area contributed by atoms with Gasteiger partial charge >= 0.3 is 0 Å². The van der Waals surface area contributed by atoms with Crippen LogP contribution in [0.4, 0.5) is 4.48 Å². The standard InChI is InChI=1S/C2H6FN.BH3/c1-2-4-3;/h4H,2H2,1H3;1H3. The van der Waals surface area contributed by atoms with Gasteiger partial charge in [-0.3, -0.25) is 0 Å². The zero-order valence-electron chi connectivity index (χ0n) is 2.59. The quantitative estimate of drug-likeness (QED) is 0.322. The lowest BCUT2D eigenvalue weighted by Gasteiger charge is -1.70. The second-order valence-electron chi connectivity index (χ2n) is 0.487. The van der Waals surface area contributed by atoms with E-state index in [9.17, 15) is 4.48 Å². The predicted molar refractivity (Wildman–Crippen MR) is 24.7 cm³/mol. The van der Waals surface area contributed by atoms with Crippen molar-refractivity contribution in [2.75, 3.05) is 6.54 Å². The molecule has 0 unspecified atom stereocenters. The molecular formula is C2H9BFN. The summed E-state index contributed by atoms with van der Waals surface area (Å²) in [5.74, 6) is 0. The molecule has 0 rings (SSSR count). The van der Waals surface area contributed by atoms with Gasteiger partial charge in [0.2, 0.25) is 0 Å². The summed E-state index contributed by atoms with van der Waals surface area (Å²) in [6, 6.07) is 0. The molecule has 0 fully saturated rings. The molecule has 0 saturated heterocycles. The first kappa shape index (κ1) is 8.88. The highest BCUT2D eigenvalue weighted by atomic mass is 19.2. The van der Waals surface area contributed by atoms with Crippen LogP contribution in [0.2, 0.25) is 0 Å². The van der Waals surface area contributed by atoms with E-state index in [0.29, 0.717) is 6.54 Å². The van der Waals surface area contributed by atoms with Gasteiger partial charge in [-0.2, -0.15) is 5.54 Å². The first-order chi connectivity index (χ1) is 1.91. The minimum absolute atomic E-state index is 0. The minimum Gasteiger partial charge on any atom is -0.160 e. The molecule has 0 radical (unpaired) electrons. The van der Waals surface area contributed by atoms with Gasteiger partial charge in [0.05, 0.1) is 8.41 Å². The Kier molecular flexibility index (Phi) is 16.0. The molecule has 0 saturated carbocycles. The summed E-state index contributed by atoms with van der Waals surface area (Å²) in [7, 11) is 0. The monoisotopic (exact) mass is 77.1 g/mol. The van der Waals surface area contributed by atoms with Crippen molar-refractivity contribution in [3.63, 3.8) is 0 Å². The van der Waals surface area contributed by atoms with Crippen LogP contribution in [0, 0.1) is 0 Å². The molecule has 0 bridgehead atoms. The van der Waals surface area contributed by atoms with Crippen LogP contribution in [0.5, 0.6) is 0 Å². The lowest BCUT2D eigenvalue weighted by atomic mass is 10.8. The van der Waals surface area contributed by atoms with E-state index in [-0.39, 0.29) is 8.41 Å². The van der Waals surface area contributed by atoms with Crippen LogP contribution in [-0.2, 0) is 0 Å². The number of nitrogens with one attached hydrogen (secondary N) is 1. The Hall–Kier alpha value is -0.0451. The highest BCUT2D eigenvalue weighted by molar-refractivity contribution is 5.75. The normalized spacial score (nSPS) is 6.00. The van der Waals surface area contributed by atoms with Crippen molar-refractivity contribution in [1.29, 1.82) is 0 Å². The fraction of sp³-hybridized carbons (Fsp3) is 1.00. The van der Waals surface area contributed by atoms with Gasteiger partial charge in [0.1, 0.15) is 0 Å². The maximum absolute atomic E-state index is 10.5. The molecule has 5 heavy (non-hydrogen) atoms. The zero-order chi connectivity index (χ0) is 3.41. The third-order valence-corrected chi connectivity index (χ3v) is 0.134. The molecule has 32 valence electrons. The Morgan fingerprint density at radius 3 is 2.00 bits per heavy atom. The number of rotatable bonds is 1. The van der Waals surface area contributed by atoms with Gasteiger partial charge in [-0.15, -0.1) is 4.48 Å². The van der Waals surface area contributed by atoms with Crippen molar-refractivity contribution < 1.29 is 4.48 Å². The van der Waals surface area contributed by atoms with Crippen molar-refractivity contribution in [3.8, 4) is 0 Å². The summed E-state index contributed by atoms with van der Waals surface area (Å²) >= 11 is 0. The average molecular weight is 76.9 g/mol.